The van der Waals surface area contributed by atoms with Crippen LogP contribution in [0.2, 0.25) is 0 Å². The number of nitrogens with zero attached hydrogens (tertiary/aromatic N) is 2. The number of thiazole rings is 1. The van der Waals surface area contributed by atoms with E-state index in [4.69, 9.17) is 4.99 Å². The largest absolute Gasteiger partial charge is 0.272 e. The van der Waals surface area contributed by atoms with Crippen LogP contribution < -0.4 is 14.9 Å². The molecule has 2 aliphatic heterocycles. The minimum atomic E-state index is -0.167. The molecular formula is C24H20N2OS3. The van der Waals surface area contributed by atoms with Crippen molar-refractivity contribution in [2.45, 2.75) is 26.8 Å². The predicted octanol–water partition coefficient (Wildman–Crippen LogP) is 5.28. The molecule has 0 fully saturated rings. The van der Waals surface area contributed by atoms with Gasteiger partial charge in [0, 0.05) is 5.56 Å². The summed E-state index contributed by atoms with van der Waals surface area (Å²) in [4.78, 5) is 21.7. The Hall–Kier alpha value is -2.28. The van der Waals surface area contributed by atoms with Gasteiger partial charge in [0.2, 0.25) is 0 Å². The second kappa shape index (κ2) is 7.76. The maximum atomic E-state index is 13.5. The Kier molecular flexibility index (Phi) is 5.09. The first-order chi connectivity index (χ1) is 14.5. The summed E-state index contributed by atoms with van der Waals surface area (Å²) in [7, 11) is 0. The Bertz CT molecular complexity index is 1360. The Morgan fingerprint density at radius 1 is 0.900 bits per heavy atom. The maximum Gasteiger partial charge on any atom is 0.272 e. The zero-order valence-electron chi connectivity index (χ0n) is 16.9. The van der Waals surface area contributed by atoms with Crippen LogP contribution in [0.5, 0.6) is 0 Å². The SMILES string of the molecule is CC1=C(C)SC(=c2sc3n(c2=O)[C@@H](c2ccccc2)C=C(c2ccc(C)cc2)N=3)S1. The molecular weight excluding hydrogens is 428 g/mol. The number of benzene rings is 2. The molecule has 0 radical (unpaired) electrons. The van der Waals surface area contributed by atoms with Gasteiger partial charge in [0.05, 0.1) is 16.0 Å². The number of allylic oxidation sites excluding steroid dienone is 3. The molecule has 0 saturated carbocycles. The minimum Gasteiger partial charge on any atom is -0.272 e. The lowest BCUT2D eigenvalue weighted by Gasteiger charge is -2.19. The third-order valence-corrected chi connectivity index (χ3v) is 9.23. The first kappa shape index (κ1) is 19.7. The highest BCUT2D eigenvalue weighted by Crippen LogP contribution is 2.48. The monoisotopic (exact) mass is 448 g/mol. The molecule has 3 nitrogen and oxygen atoms in total. The van der Waals surface area contributed by atoms with Gasteiger partial charge in [-0.3, -0.25) is 9.36 Å². The van der Waals surface area contributed by atoms with Gasteiger partial charge in [-0.1, -0.05) is 95.0 Å². The predicted molar refractivity (Wildman–Crippen MR) is 130 cm³/mol. The molecule has 3 heterocycles. The summed E-state index contributed by atoms with van der Waals surface area (Å²) in [5, 5.41) is 0. The Balaban J connectivity index is 1.74. The van der Waals surface area contributed by atoms with Crippen LogP contribution in [0.15, 0.2) is 80.3 Å². The second-order valence-electron chi connectivity index (χ2n) is 7.38. The zero-order chi connectivity index (χ0) is 20.8. The fourth-order valence-corrected chi connectivity index (χ4v) is 7.27. The summed E-state index contributed by atoms with van der Waals surface area (Å²) < 4.78 is 3.71. The van der Waals surface area contributed by atoms with Crippen LogP contribution in [0.4, 0.5) is 0 Å². The molecule has 1 atom stereocenters. The first-order valence-electron chi connectivity index (χ1n) is 9.72. The Morgan fingerprint density at radius 2 is 1.57 bits per heavy atom. The zero-order valence-corrected chi connectivity index (χ0v) is 19.3. The topological polar surface area (TPSA) is 34.4 Å². The first-order valence-corrected chi connectivity index (χ1v) is 12.2. The van der Waals surface area contributed by atoms with Crippen LogP contribution in [-0.2, 0) is 0 Å². The molecule has 3 aromatic rings. The molecule has 0 saturated heterocycles. The average molecular weight is 449 g/mol. The fourth-order valence-electron chi connectivity index (χ4n) is 3.51. The van der Waals surface area contributed by atoms with E-state index in [9.17, 15) is 4.79 Å². The van der Waals surface area contributed by atoms with E-state index in [0.717, 1.165) is 30.4 Å². The van der Waals surface area contributed by atoms with E-state index in [1.807, 2.05) is 22.8 Å². The fraction of sp³-hybridized carbons (Fsp3) is 0.167. The number of aromatic nitrogens is 1. The summed E-state index contributed by atoms with van der Waals surface area (Å²) in [6, 6.07) is 18.4. The third kappa shape index (κ3) is 3.43. The van der Waals surface area contributed by atoms with E-state index in [-0.39, 0.29) is 11.6 Å². The highest BCUT2D eigenvalue weighted by Gasteiger charge is 2.25. The van der Waals surface area contributed by atoms with E-state index in [0.29, 0.717) is 0 Å². The molecule has 6 heteroatoms. The van der Waals surface area contributed by atoms with Crippen LogP contribution in [-0.4, -0.2) is 4.57 Å². The number of thioether (sulfide) groups is 2. The quantitative estimate of drug-likeness (QED) is 0.535. The summed E-state index contributed by atoms with van der Waals surface area (Å²) in [5.41, 5.74) is 4.34. The molecule has 1 aromatic heterocycles. The van der Waals surface area contributed by atoms with E-state index in [1.165, 1.54) is 26.7 Å². The molecule has 0 bridgehead atoms. The maximum absolute atomic E-state index is 13.5. The van der Waals surface area contributed by atoms with Gasteiger partial charge in [0.15, 0.2) is 4.80 Å². The lowest BCUT2D eigenvalue weighted by molar-refractivity contribution is 0.644. The van der Waals surface area contributed by atoms with Crippen LogP contribution in [0.3, 0.4) is 0 Å². The van der Waals surface area contributed by atoms with Crippen LogP contribution in [0.25, 0.3) is 9.93 Å². The highest BCUT2D eigenvalue weighted by molar-refractivity contribution is 8.35. The minimum absolute atomic E-state index is 0.0457. The number of hydrogen-bond acceptors (Lipinski definition) is 5. The van der Waals surface area contributed by atoms with Gasteiger partial charge in [-0.2, -0.15) is 0 Å². The van der Waals surface area contributed by atoms with E-state index >= 15 is 0 Å². The summed E-state index contributed by atoms with van der Waals surface area (Å²) in [5.74, 6) is 0. The Morgan fingerprint density at radius 3 is 2.23 bits per heavy atom. The van der Waals surface area contributed by atoms with Gasteiger partial charge >= 0.3 is 0 Å². The number of hydrogen-bond donors (Lipinski definition) is 0. The summed E-state index contributed by atoms with van der Waals surface area (Å²) >= 11 is 4.90. The van der Waals surface area contributed by atoms with Gasteiger partial charge in [-0.25, -0.2) is 4.99 Å². The molecule has 150 valence electrons. The van der Waals surface area contributed by atoms with Crippen molar-refractivity contribution < 1.29 is 0 Å². The lowest BCUT2D eigenvalue weighted by atomic mass is 10.0. The van der Waals surface area contributed by atoms with Crippen LogP contribution in [0.1, 0.15) is 36.6 Å². The summed E-state index contributed by atoms with van der Waals surface area (Å²) in [6.45, 7) is 6.30. The number of aryl methyl sites for hydroxylation is 1. The molecule has 0 aliphatic carbocycles. The van der Waals surface area contributed by atoms with Crippen molar-refractivity contribution in [2.24, 2.45) is 4.99 Å². The summed E-state index contributed by atoms with van der Waals surface area (Å²) in [6.07, 6.45) is 2.11. The molecule has 0 amide bonds. The smallest absolute Gasteiger partial charge is 0.272 e. The molecule has 0 unspecified atom stereocenters. The van der Waals surface area contributed by atoms with Crippen molar-refractivity contribution in [3.05, 3.63) is 107 Å². The van der Waals surface area contributed by atoms with E-state index < -0.39 is 0 Å². The van der Waals surface area contributed by atoms with Crippen molar-refractivity contribution in [3.8, 4) is 0 Å². The number of rotatable bonds is 2. The normalized spacial score (nSPS) is 18.3. The van der Waals surface area contributed by atoms with Crippen molar-refractivity contribution in [1.82, 2.24) is 4.57 Å². The lowest BCUT2D eigenvalue weighted by Crippen LogP contribution is -2.36. The van der Waals surface area contributed by atoms with Crippen molar-refractivity contribution in [2.75, 3.05) is 0 Å². The second-order valence-corrected chi connectivity index (χ2v) is 11.1. The average Bonchev–Trinajstić information content (AvgIpc) is 3.27. The Labute approximate surface area is 187 Å². The van der Waals surface area contributed by atoms with Crippen LogP contribution in [0, 0.1) is 6.92 Å². The van der Waals surface area contributed by atoms with Gasteiger partial charge in [0.1, 0.15) is 4.53 Å². The van der Waals surface area contributed by atoms with E-state index in [1.54, 1.807) is 23.5 Å². The molecule has 0 N–H and O–H groups in total. The molecule has 30 heavy (non-hydrogen) atoms. The van der Waals surface area contributed by atoms with Gasteiger partial charge in [-0.15, -0.1) is 0 Å². The van der Waals surface area contributed by atoms with Gasteiger partial charge in [-0.05, 0) is 42.2 Å². The third-order valence-electron chi connectivity index (χ3n) is 5.28. The molecule has 2 aliphatic rings. The van der Waals surface area contributed by atoms with E-state index in [2.05, 4.69) is 63.2 Å². The van der Waals surface area contributed by atoms with Gasteiger partial charge < -0.3 is 0 Å². The molecule has 5 rings (SSSR count). The molecule has 2 aromatic carbocycles. The van der Waals surface area contributed by atoms with Crippen molar-refractivity contribution >= 4 is 44.8 Å². The van der Waals surface area contributed by atoms with Crippen LogP contribution >= 0.6 is 34.9 Å². The number of fused-ring (bicyclic) bond motifs is 1. The van der Waals surface area contributed by atoms with Crippen molar-refractivity contribution in [1.29, 1.82) is 0 Å². The molecule has 0 spiro atoms. The van der Waals surface area contributed by atoms with Gasteiger partial charge in [0.25, 0.3) is 5.56 Å². The standard InChI is InChI=1S/C24H20N2OS3/c1-14-9-11-17(12-10-14)19-13-20(18-7-5-4-6-8-18)26-22(27)21(30-24(26)25-19)23-28-15(2)16(3)29-23/h4-13,20H,1-3H3/t20-/m1/s1. The highest BCUT2D eigenvalue weighted by atomic mass is 32.2. The van der Waals surface area contributed by atoms with Crippen molar-refractivity contribution in [3.63, 3.8) is 0 Å².